The Hall–Kier alpha value is -3.32. The number of fused-ring (bicyclic) bond motifs is 1. The summed E-state index contributed by atoms with van der Waals surface area (Å²) >= 11 is 0. The number of phenolic OH excluding ortho intramolecular Hbond substituents is 1. The number of carbonyl (C=O) groups is 1. The van der Waals surface area contributed by atoms with Crippen molar-refractivity contribution in [2.75, 3.05) is 19.8 Å². The van der Waals surface area contributed by atoms with Crippen LogP contribution in [0, 0.1) is 5.92 Å². The molecule has 0 saturated carbocycles. The van der Waals surface area contributed by atoms with Gasteiger partial charge in [-0.15, -0.1) is 0 Å². The maximum absolute atomic E-state index is 13.5. The van der Waals surface area contributed by atoms with E-state index in [1.807, 2.05) is 41.3 Å². The molecule has 7 nitrogen and oxygen atoms in total. The van der Waals surface area contributed by atoms with Gasteiger partial charge in [0.2, 0.25) is 0 Å². The molecule has 2 aliphatic rings. The van der Waals surface area contributed by atoms with Crippen LogP contribution in [0.2, 0.25) is 0 Å². The number of nitrogens with zero attached hydrogens (tertiary/aromatic N) is 2. The number of carbonyl (C=O) groups excluding carboxylic acids is 1. The summed E-state index contributed by atoms with van der Waals surface area (Å²) in [5.41, 5.74) is 3.38. The second-order valence-electron chi connectivity index (χ2n) is 9.48. The second-order valence-corrected chi connectivity index (χ2v) is 9.48. The third kappa shape index (κ3) is 4.28. The molecule has 0 unspecified atom stereocenters. The van der Waals surface area contributed by atoms with Crippen molar-refractivity contribution in [2.45, 2.75) is 45.3 Å². The minimum atomic E-state index is -0.353. The minimum absolute atomic E-state index is 0.0162. The number of ether oxygens (including phenoxy) is 2. The molecule has 0 aliphatic carbocycles. The van der Waals surface area contributed by atoms with Gasteiger partial charge in [-0.2, -0.15) is 5.10 Å². The van der Waals surface area contributed by atoms with Gasteiger partial charge >= 0.3 is 0 Å². The molecule has 1 saturated heterocycles. The molecule has 2 aromatic carbocycles. The summed E-state index contributed by atoms with van der Waals surface area (Å²) in [5.74, 6) is 1.37. The molecule has 1 fully saturated rings. The van der Waals surface area contributed by atoms with E-state index in [-0.39, 0.29) is 23.8 Å². The number of aromatic amines is 1. The van der Waals surface area contributed by atoms with E-state index in [1.54, 1.807) is 12.1 Å². The summed E-state index contributed by atoms with van der Waals surface area (Å²) in [6.45, 7) is 6.23. The van der Waals surface area contributed by atoms with Crippen LogP contribution in [0.5, 0.6) is 11.5 Å². The first-order valence-electron chi connectivity index (χ1n) is 12.0. The Kier molecular flexibility index (Phi) is 6.28. The van der Waals surface area contributed by atoms with Crippen LogP contribution in [-0.2, 0) is 4.74 Å². The lowest BCUT2D eigenvalue weighted by Gasteiger charge is -2.28. The van der Waals surface area contributed by atoms with E-state index in [0.29, 0.717) is 36.0 Å². The highest BCUT2D eigenvalue weighted by atomic mass is 16.5. The first-order chi connectivity index (χ1) is 16.5. The highest BCUT2D eigenvalue weighted by molar-refractivity contribution is 6.00. The predicted molar refractivity (Wildman–Crippen MR) is 129 cm³/mol. The molecule has 0 radical (unpaired) electrons. The summed E-state index contributed by atoms with van der Waals surface area (Å²) in [5, 5.41) is 17.9. The van der Waals surface area contributed by atoms with Crippen molar-refractivity contribution in [2.24, 2.45) is 5.92 Å². The summed E-state index contributed by atoms with van der Waals surface area (Å²) < 4.78 is 11.9. The normalized spacial score (nSPS) is 19.7. The van der Waals surface area contributed by atoms with Gasteiger partial charge in [-0.1, -0.05) is 38.1 Å². The van der Waals surface area contributed by atoms with Crippen molar-refractivity contribution >= 4 is 5.91 Å². The predicted octanol–water partition coefficient (Wildman–Crippen LogP) is 4.93. The molecule has 1 aromatic heterocycles. The fourth-order valence-corrected chi connectivity index (χ4v) is 4.81. The summed E-state index contributed by atoms with van der Waals surface area (Å²) in [6, 6.07) is 14.7. The summed E-state index contributed by atoms with van der Waals surface area (Å²) in [6.07, 6.45) is 2.93. The van der Waals surface area contributed by atoms with E-state index in [9.17, 15) is 9.90 Å². The van der Waals surface area contributed by atoms with Crippen molar-refractivity contribution in [3.63, 3.8) is 0 Å². The van der Waals surface area contributed by atoms with Crippen LogP contribution in [-0.4, -0.2) is 52.0 Å². The Morgan fingerprint density at radius 2 is 2.09 bits per heavy atom. The van der Waals surface area contributed by atoms with E-state index < -0.39 is 0 Å². The zero-order chi connectivity index (χ0) is 23.7. The highest BCUT2D eigenvalue weighted by Gasteiger charge is 2.43. The van der Waals surface area contributed by atoms with Gasteiger partial charge in [-0.05, 0) is 55.0 Å². The number of benzene rings is 2. The SMILES string of the molecule is CC(C)CCOc1cccc([C@@H]2c3c(-c4ccccc4O)n[nH]c3C(=O)N2C[C@@H]2CCCO2)c1. The third-order valence-corrected chi connectivity index (χ3v) is 6.59. The summed E-state index contributed by atoms with van der Waals surface area (Å²) in [4.78, 5) is 15.4. The van der Waals surface area contributed by atoms with Crippen molar-refractivity contribution in [3.05, 3.63) is 65.4 Å². The van der Waals surface area contributed by atoms with Crippen molar-refractivity contribution in [1.82, 2.24) is 15.1 Å². The molecule has 5 rings (SSSR count). The van der Waals surface area contributed by atoms with Crippen LogP contribution in [0.4, 0.5) is 0 Å². The Bertz CT molecular complexity index is 1170. The smallest absolute Gasteiger partial charge is 0.273 e. The van der Waals surface area contributed by atoms with E-state index in [0.717, 1.165) is 42.7 Å². The van der Waals surface area contributed by atoms with Crippen molar-refractivity contribution in [1.29, 1.82) is 0 Å². The molecular formula is C27H31N3O4. The molecule has 3 heterocycles. The van der Waals surface area contributed by atoms with E-state index in [4.69, 9.17) is 9.47 Å². The van der Waals surface area contributed by atoms with Crippen LogP contribution in [0.1, 0.15) is 60.8 Å². The first-order valence-corrected chi connectivity index (χ1v) is 12.0. The average Bonchev–Trinajstić information content (AvgIpc) is 3.54. The maximum atomic E-state index is 13.5. The van der Waals surface area contributed by atoms with Crippen LogP contribution < -0.4 is 4.74 Å². The van der Waals surface area contributed by atoms with Crippen LogP contribution >= 0.6 is 0 Å². The lowest BCUT2D eigenvalue weighted by atomic mass is 9.95. The Morgan fingerprint density at radius 1 is 1.24 bits per heavy atom. The monoisotopic (exact) mass is 461 g/mol. The largest absolute Gasteiger partial charge is 0.507 e. The molecule has 7 heteroatoms. The van der Waals surface area contributed by atoms with E-state index in [1.165, 1.54) is 0 Å². The van der Waals surface area contributed by atoms with Gasteiger partial charge in [-0.25, -0.2) is 0 Å². The maximum Gasteiger partial charge on any atom is 0.273 e. The van der Waals surface area contributed by atoms with Crippen LogP contribution in [0.15, 0.2) is 48.5 Å². The molecule has 2 N–H and O–H groups in total. The van der Waals surface area contributed by atoms with Gasteiger partial charge in [0.05, 0.1) is 18.8 Å². The fraction of sp³-hybridized carbons (Fsp3) is 0.407. The van der Waals surface area contributed by atoms with Crippen LogP contribution in [0.25, 0.3) is 11.3 Å². The fourth-order valence-electron chi connectivity index (χ4n) is 4.81. The third-order valence-electron chi connectivity index (χ3n) is 6.59. The molecule has 1 amide bonds. The second kappa shape index (κ2) is 9.50. The Morgan fingerprint density at radius 3 is 2.85 bits per heavy atom. The van der Waals surface area contributed by atoms with Gasteiger partial charge in [-0.3, -0.25) is 9.89 Å². The summed E-state index contributed by atoms with van der Waals surface area (Å²) in [7, 11) is 0. The lowest BCUT2D eigenvalue weighted by molar-refractivity contribution is 0.0495. The van der Waals surface area contributed by atoms with Gasteiger partial charge < -0.3 is 19.5 Å². The number of amides is 1. The van der Waals surface area contributed by atoms with E-state index in [2.05, 4.69) is 24.0 Å². The number of phenols is 1. The highest BCUT2D eigenvalue weighted by Crippen LogP contribution is 2.45. The Labute approximate surface area is 199 Å². The molecule has 178 valence electrons. The Balaban J connectivity index is 1.55. The number of aromatic nitrogens is 2. The number of aromatic hydroxyl groups is 1. The number of hydrogen-bond acceptors (Lipinski definition) is 5. The zero-order valence-electron chi connectivity index (χ0n) is 19.7. The van der Waals surface area contributed by atoms with Gasteiger partial charge in [0, 0.05) is 24.3 Å². The topological polar surface area (TPSA) is 87.7 Å². The minimum Gasteiger partial charge on any atom is -0.507 e. The number of H-pyrrole nitrogens is 1. The number of rotatable bonds is 8. The molecule has 0 spiro atoms. The van der Waals surface area contributed by atoms with Gasteiger partial charge in [0.1, 0.15) is 22.9 Å². The standard InChI is InChI=1S/C27H31N3O4/c1-17(2)12-14-34-19-8-5-7-18(15-19)26-23-24(21-10-3-4-11-22(21)31)28-29-25(23)27(32)30(26)16-20-9-6-13-33-20/h3-5,7-8,10-11,15,17,20,26,31H,6,9,12-14,16H2,1-2H3,(H,28,29)/t20-,26+/m0/s1. The van der Waals surface area contributed by atoms with Crippen molar-refractivity contribution < 1.29 is 19.4 Å². The van der Waals surface area contributed by atoms with Crippen molar-refractivity contribution in [3.8, 4) is 22.8 Å². The molecule has 3 aromatic rings. The molecule has 34 heavy (non-hydrogen) atoms. The number of nitrogens with one attached hydrogen (secondary N) is 1. The lowest BCUT2D eigenvalue weighted by Crippen LogP contribution is -2.36. The van der Waals surface area contributed by atoms with E-state index >= 15 is 0 Å². The van der Waals surface area contributed by atoms with Crippen LogP contribution in [0.3, 0.4) is 0 Å². The van der Waals surface area contributed by atoms with Gasteiger partial charge in [0.25, 0.3) is 5.91 Å². The number of hydrogen-bond donors (Lipinski definition) is 2. The molecule has 2 aliphatic heterocycles. The quantitative estimate of drug-likeness (QED) is 0.497. The first kappa shape index (κ1) is 22.5. The number of para-hydroxylation sites is 1. The van der Waals surface area contributed by atoms with Gasteiger partial charge in [0.15, 0.2) is 0 Å². The molecular weight excluding hydrogens is 430 g/mol. The molecule has 0 bridgehead atoms. The zero-order valence-corrected chi connectivity index (χ0v) is 19.7. The average molecular weight is 462 g/mol. The molecule has 2 atom stereocenters.